The predicted octanol–water partition coefficient (Wildman–Crippen LogP) is 2.33. The van der Waals surface area contributed by atoms with Crippen LogP contribution in [-0.4, -0.2) is 11.9 Å². The lowest BCUT2D eigenvalue weighted by Gasteiger charge is -2.24. The first-order chi connectivity index (χ1) is 5.62. The fourth-order valence-electron chi connectivity index (χ4n) is 1.23. The first-order valence-corrected chi connectivity index (χ1v) is 4.60. The van der Waals surface area contributed by atoms with E-state index in [-0.39, 0.29) is 5.54 Å². The van der Waals surface area contributed by atoms with Crippen LogP contribution in [0.15, 0.2) is 17.3 Å². The molecule has 0 fully saturated rings. The van der Waals surface area contributed by atoms with E-state index in [0.717, 1.165) is 12.3 Å². The maximum Gasteiger partial charge on any atom is 0.0874 e. The van der Waals surface area contributed by atoms with E-state index in [1.165, 1.54) is 6.42 Å². The number of rotatable bonds is 3. The summed E-state index contributed by atoms with van der Waals surface area (Å²) in [5, 5.41) is 2.96. The van der Waals surface area contributed by atoms with E-state index in [0.29, 0.717) is 0 Å². The van der Waals surface area contributed by atoms with Crippen LogP contribution in [0.5, 0.6) is 0 Å². The lowest BCUT2D eigenvalue weighted by molar-refractivity contribution is 0.449. The maximum atomic E-state index is 4.41. The number of nitrogens with one attached hydrogen (secondary N) is 1. The Kier molecular flexibility index (Phi) is 2.90. The molecule has 68 valence electrons. The molecule has 0 bridgehead atoms. The van der Waals surface area contributed by atoms with E-state index in [2.05, 4.69) is 37.2 Å². The summed E-state index contributed by atoms with van der Waals surface area (Å²) in [6.07, 6.45) is 8.25. The molecule has 0 saturated carbocycles. The first-order valence-electron chi connectivity index (χ1n) is 4.60. The van der Waals surface area contributed by atoms with Crippen molar-refractivity contribution in [3.05, 3.63) is 12.3 Å². The van der Waals surface area contributed by atoms with Crippen molar-refractivity contribution in [2.75, 3.05) is 0 Å². The molecular formula is C10H18N2. The van der Waals surface area contributed by atoms with Crippen molar-refractivity contribution in [2.24, 2.45) is 10.9 Å². The second-order valence-electron chi connectivity index (χ2n) is 4.05. The molecule has 0 saturated heterocycles. The van der Waals surface area contributed by atoms with E-state index >= 15 is 0 Å². The minimum Gasteiger partial charge on any atom is -0.353 e. The van der Waals surface area contributed by atoms with E-state index < -0.39 is 0 Å². The quantitative estimate of drug-likeness (QED) is 0.683. The fourth-order valence-corrected chi connectivity index (χ4v) is 1.23. The van der Waals surface area contributed by atoms with E-state index in [4.69, 9.17) is 0 Å². The van der Waals surface area contributed by atoms with Crippen molar-refractivity contribution < 1.29 is 0 Å². The summed E-state index contributed by atoms with van der Waals surface area (Å²) >= 11 is 0. The molecule has 0 aromatic carbocycles. The number of aliphatic imine (C=N–C) groups is 1. The maximum absolute atomic E-state index is 4.41. The van der Waals surface area contributed by atoms with Gasteiger partial charge in [0.25, 0.3) is 0 Å². The average molecular weight is 166 g/mol. The van der Waals surface area contributed by atoms with Crippen LogP contribution in [0, 0.1) is 5.92 Å². The van der Waals surface area contributed by atoms with Crippen LogP contribution in [-0.2, 0) is 0 Å². The van der Waals surface area contributed by atoms with Crippen molar-refractivity contribution in [3.8, 4) is 0 Å². The molecule has 1 rings (SSSR count). The standard InChI is InChI=1S/C10H18N2/c1-9(2)4-5-10(3)6-7-11-8-12-10/h6-9H,4-5H2,1-3H3,(H,11,12). The lowest BCUT2D eigenvalue weighted by Crippen LogP contribution is -2.25. The summed E-state index contributed by atoms with van der Waals surface area (Å²) in [6, 6.07) is 0. The molecule has 1 heterocycles. The summed E-state index contributed by atoms with van der Waals surface area (Å²) in [5.41, 5.74) is 0.0372. The normalized spacial score (nSPS) is 27.7. The average Bonchev–Trinajstić information content (AvgIpc) is 2.03. The zero-order valence-corrected chi connectivity index (χ0v) is 8.17. The molecule has 0 amide bonds. The largest absolute Gasteiger partial charge is 0.353 e. The third kappa shape index (κ3) is 2.68. The van der Waals surface area contributed by atoms with Crippen molar-refractivity contribution in [3.63, 3.8) is 0 Å². The SMILES string of the molecule is CC(C)CCC1(C)C=CNC=N1. The van der Waals surface area contributed by atoms with Gasteiger partial charge in [-0.25, -0.2) is 0 Å². The second-order valence-corrected chi connectivity index (χ2v) is 4.05. The van der Waals surface area contributed by atoms with Crippen molar-refractivity contribution in [1.82, 2.24) is 5.32 Å². The third-order valence-corrected chi connectivity index (χ3v) is 2.20. The molecule has 1 aliphatic rings. The Hall–Kier alpha value is -0.790. The molecule has 1 atom stereocenters. The Morgan fingerprint density at radius 1 is 1.50 bits per heavy atom. The van der Waals surface area contributed by atoms with E-state index in [9.17, 15) is 0 Å². The topological polar surface area (TPSA) is 24.4 Å². The van der Waals surface area contributed by atoms with Gasteiger partial charge < -0.3 is 5.32 Å². The summed E-state index contributed by atoms with van der Waals surface area (Å²) in [6.45, 7) is 6.67. The van der Waals surface area contributed by atoms with Gasteiger partial charge in [0, 0.05) is 6.20 Å². The highest BCUT2D eigenvalue weighted by Gasteiger charge is 2.20. The zero-order valence-electron chi connectivity index (χ0n) is 8.17. The number of hydrogen-bond donors (Lipinski definition) is 1. The molecule has 2 nitrogen and oxygen atoms in total. The third-order valence-electron chi connectivity index (χ3n) is 2.20. The molecule has 2 heteroatoms. The molecular weight excluding hydrogens is 148 g/mol. The van der Waals surface area contributed by atoms with Crippen LogP contribution >= 0.6 is 0 Å². The van der Waals surface area contributed by atoms with Crippen LogP contribution in [0.1, 0.15) is 33.6 Å². The van der Waals surface area contributed by atoms with Gasteiger partial charge >= 0.3 is 0 Å². The Morgan fingerprint density at radius 3 is 2.75 bits per heavy atom. The van der Waals surface area contributed by atoms with E-state index in [1.54, 1.807) is 6.34 Å². The van der Waals surface area contributed by atoms with Gasteiger partial charge in [0.05, 0.1) is 11.9 Å². The van der Waals surface area contributed by atoms with Crippen molar-refractivity contribution in [2.45, 2.75) is 39.2 Å². The van der Waals surface area contributed by atoms with Gasteiger partial charge in [-0.2, -0.15) is 0 Å². The molecule has 0 radical (unpaired) electrons. The van der Waals surface area contributed by atoms with Crippen LogP contribution in [0.3, 0.4) is 0 Å². The van der Waals surface area contributed by atoms with Gasteiger partial charge in [0.1, 0.15) is 0 Å². The molecule has 1 N–H and O–H groups in total. The fraction of sp³-hybridized carbons (Fsp3) is 0.700. The predicted molar refractivity (Wildman–Crippen MR) is 53.2 cm³/mol. The van der Waals surface area contributed by atoms with Gasteiger partial charge in [0.2, 0.25) is 0 Å². The van der Waals surface area contributed by atoms with E-state index in [1.807, 2.05) is 6.20 Å². The lowest BCUT2D eigenvalue weighted by atomic mass is 9.92. The minimum absolute atomic E-state index is 0.0372. The number of hydrogen-bond acceptors (Lipinski definition) is 2. The Bertz CT molecular complexity index is 180. The summed E-state index contributed by atoms with van der Waals surface area (Å²) < 4.78 is 0. The van der Waals surface area contributed by atoms with Crippen LogP contribution < -0.4 is 5.32 Å². The van der Waals surface area contributed by atoms with Gasteiger partial charge in [-0.3, -0.25) is 4.99 Å². The van der Waals surface area contributed by atoms with Gasteiger partial charge in [-0.1, -0.05) is 13.8 Å². The first kappa shape index (κ1) is 9.30. The number of nitrogens with zero attached hydrogens (tertiary/aromatic N) is 1. The summed E-state index contributed by atoms with van der Waals surface area (Å²) in [5.74, 6) is 0.764. The highest BCUT2D eigenvalue weighted by atomic mass is 15.0. The Labute approximate surface area is 74.8 Å². The van der Waals surface area contributed by atoms with Crippen molar-refractivity contribution >= 4 is 6.34 Å². The Balaban J connectivity index is 2.43. The molecule has 0 aromatic rings. The molecule has 0 aromatic heterocycles. The van der Waals surface area contributed by atoms with Crippen LogP contribution in [0.4, 0.5) is 0 Å². The van der Waals surface area contributed by atoms with Crippen LogP contribution in [0.25, 0.3) is 0 Å². The minimum atomic E-state index is 0.0372. The molecule has 0 spiro atoms. The highest BCUT2D eigenvalue weighted by Crippen LogP contribution is 2.22. The summed E-state index contributed by atoms with van der Waals surface area (Å²) in [4.78, 5) is 4.41. The second kappa shape index (κ2) is 3.74. The summed E-state index contributed by atoms with van der Waals surface area (Å²) in [7, 11) is 0. The van der Waals surface area contributed by atoms with Gasteiger partial charge in [-0.05, 0) is 31.8 Å². The van der Waals surface area contributed by atoms with Crippen LogP contribution in [0.2, 0.25) is 0 Å². The zero-order chi connectivity index (χ0) is 9.03. The highest BCUT2D eigenvalue weighted by molar-refractivity contribution is 5.58. The molecule has 1 unspecified atom stereocenters. The molecule has 12 heavy (non-hydrogen) atoms. The van der Waals surface area contributed by atoms with Gasteiger partial charge in [-0.15, -0.1) is 0 Å². The molecule has 1 aliphatic heterocycles. The Morgan fingerprint density at radius 2 is 2.25 bits per heavy atom. The smallest absolute Gasteiger partial charge is 0.0874 e. The van der Waals surface area contributed by atoms with Crippen molar-refractivity contribution in [1.29, 1.82) is 0 Å². The molecule has 0 aliphatic carbocycles. The monoisotopic (exact) mass is 166 g/mol. The van der Waals surface area contributed by atoms with Gasteiger partial charge in [0.15, 0.2) is 0 Å².